The number of amides is 1. The number of pyridine rings is 1. The van der Waals surface area contributed by atoms with E-state index >= 15 is 0 Å². The highest BCUT2D eigenvalue weighted by Crippen LogP contribution is 2.26. The minimum Gasteiger partial charge on any atom is -0.271 e. The summed E-state index contributed by atoms with van der Waals surface area (Å²) >= 11 is 3.34. The van der Waals surface area contributed by atoms with Crippen LogP contribution < -0.4 is 9.73 Å². The van der Waals surface area contributed by atoms with Crippen molar-refractivity contribution in [2.45, 2.75) is 4.90 Å². The lowest BCUT2D eigenvalue weighted by Gasteiger charge is -2.23. The Balaban J connectivity index is 1.84. The molecular formula is C20H17BrN4O3S. The number of hydrogen-bond donors (Lipinski definition) is 1. The normalized spacial score (nSPS) is 11.3. The maximum absolute atomic E-state index is 13.2. The van der Waals surface area contributed by atoms with Gasteiger partial charge in [0, 0.05) is 16.9 Å². The van der Waals surface area contributed by atoms with Gasteiger partial charge in [-0.05, 0) is 48.0 Å². The molecule has 29 heavy (non-hydrogen) atoms. The molecule has 0 aliphatic rings. The van der Waals surface area contributed by atoms with Gasteiger partial charge in [0.15, 0.2) is 0 Å². The van der Waals surface area contributed by atoms with Crippen molar-refractivity contribution < 1.29 is 13.2 Å². The first-order valence-electron chi connectivity index (χ1n) is 8.52. The monoisotopic (exact) mass is 472 g/mol. The summed E-state index contributed by atoms with van der Waals surface area (Å²) in [5, 5.41) is 3.88. The van der Waals surface area contributed by atoms with Gasteiger partial charge >= 0.3 is 0 Å². The molecule has 0 aliphatic heterocycles. The summed E-state index contributed by atoms with van der Waals surface area (Å²) in [5.41, 5.74) is 3.47. The second-order valence-corrected chi connectivity index (χ2v) is 8.66. The van der Waals surface area contributed by atoms with E-state index in [-0.39, 0.29) is 4.90 Å². The molecule has 0 saturated heterocycles. The average Bonchev–Trinajstić information content (AvgIpc) is 2.73. The van der Waals surface area contributed by atoms with Crippen molar-refractivity contribution in [2.75, 3.05) is 10.8 Å². The van der Waals surface area contributed by atoms with Gasteiger partial charge in [-0.1, -0.05) is 40.2 Å². The molecule has 1 heterocycles. The van der Waals surface area contributed by atoms with Crippen molar-refractivity contribution in [1.29, 1.82) is 0 Å². The van der Waals surface area contributed by atoms with Crippen molar-refractivity contribution >= 4 is 43.8 Å². The molecule has 2 aromatic carbocycles. The summed E-state index contributed by atoms with van der Waals surface area (Å²) in [6, 6.07) is 18.1. The molecule has 3 rings (SSSR count). The summed E-state index contributed by atoms with van der Waals surface area (Å²) in [4.78, 5) is 16.4. The maximum Gasteiger partial charge on any atom is 0.264 e. The van der Waals surface area contributed by atoms with Crippen LogP contribution in [0.2, 0.25) is 0 Å². The number of hydrogen-bond acceptors (Lipinski definition) is 5. The Kier molecular flexibility index (Phi) is 6.73. The molecule has 0 radical (unpaired) electrons. The lowest BCUT2D eigenvalue weighted by molar-refractivity contribution is -0.119. The Morgan fingerprint density at radius 2 is 1.79 bits per heavy atom. The number of nitrogens with zero attached hydrogens (tertiary/aromatic N) is 3. The SMILES string of the molecule is O=C(CN(c1cccc(Br)c1)S(=O)(=O)c1ccccc1)N/N=C\c1ccncc1. The van der Waals surface area contributed by atoms with Gasteiger partial charge in [-0.25, -0.2) is 13.8 Å². The van der Waals surface area contributed by atoms with E-state index in [4.69, 9.17) is 0 Å². The van der Waals surface area contributed by atoms with E-state index in [1.54, 1.807) is 67.0 Å². The first-order valence-corrected chi connectivity index (χ1v) is 10.8. The molecular weight excluding hydrogens is 456 g/mol. The molecule has 1 N–H and O–H groups in total. The number of halogens is 1. The highest BCUT2D eigenvalue weighted by molar-refractivity contribution is 9.10. The van der Waals surface area contributed by atoms with Crippen molar-refractivity contribution in [3.05, 3.63) is 89.2 Å². The summed E-state index contributed by atoms with van der Waals surface area (Å²) < 4.78 is 28.1. The minimum absolute atomic E-state index is 0.0908. The predicted molar refractivity (Wildman–Crippen MR) is 115 cm³/mol. The minimum atomic E-state index is -3.95. The molecule has 0 bridgehead atoms. The molecule has 1 amide bonds. The summed E-state index contributed by atoms with van der Waals surface area (Å²) in [6.07, 6.45) is 4.66. The summed E-state index contributed by atoms with van der Waals surface area (Å²) in [5.74, 6) is -0.574. The lowest BCUT2D eigenvalue weighted by Crippen LogP contribution is -2.39. The van der Waals surface area contributed by atoms with Gasteiger partial charge in [-0.2, -0.15) is 5.10 Å². The van der Waals surface area contributed by atoms with Gasteiger partial charge in [0.05, 0.1) is 16.8 Å². The fourth-order valence-electron chi connectivity index (χ4n) is 2.46. The molecule has 0 unspecified atom stereocenters. The van der Waals surface area contributed by atoms with E-state index in [1.807, 2.05) is 0 Å². The number of sulfonamides is 1. The van der Waals surface area contributed by atoms with Crippen LogP contribution in [0.15, 0.2) is 93.6 Å². The number of rotatable bonds is 7. The molecule has 148 valence electrons. The van der Waals surface area contributed by atoms with Crippen LogP contribution in [0.3, 0.4) is 0 Å². The molecule has 0 saturated carbocycles. The van der Waals surface area contributed by atoms with E-state index in [1.165, 1.54) is 18.3 Å². The first kappa shape index (κ1) is 20.7. The molecule has 0 aliphatic carbocycles. The Labute approximate surface area is 177 Å². The molecule has 0 atom stereocenters. The van der Waals surface area contributed by atoms with Crippen LogP contribution in [0.4, 0.5) is 5.69 Å². The molecule has 0 fully saturated rings. The largest absolute Gasteiger partial charge is 0.271 e. The molecule has 7 nitrogen and oxygen atoms in total. The fourth-order valence-corrected chi connectivity index (χ4v) is 4.28. The number of aromatic nitrogens is 1. The summed E-state index contributed by atoms with van der Waals surface area (Å²) in [7, 11) is -3.95. The quantitative estimate of drug-likeness (QED) is 0.422. The number of anilines is 1. The summed E-state index contributed by atoms with van der Waals surface area (Å²) in [6.45, 7) is -0.429. The van der Waals surface area contributed by atoms with Crippen molar-refractivity contribution in [1.82, 2.24) is 10.4 Å². The van der Waals surface area contributed by atoms with Crippen molar-refractivity contribution in [2.24, 2.45) is 5.10 Å². The number of benzene rings is 2. The third kappa shape index (κ3) is 5.49. The average molecular weight is 473 g/mol. The van der Waals surface area contributed by atoms with E-state index in [2.05, 4.69) is 31.4 Å². The van der Waals surface area contributed by atoms with Gasteiger partial charge in [0.2, 0.25) is 0 Å². The highest BCUT2D eigenvalue weighted by Gasteiger charge is 2.27. The zero-order valence-electron chi connectivity index (χ0n) is 15.1. The van der Waals surface area contributed by atoms with Crippen LogP contribution in [0.5, 0.6) is 0 Å². The van der Waals surface area contributed by atoms with E-state index in [0.29, 0.717) is 10.2 Å². The van der Waals surface area contributed by atoms with Crippen LogP contribution in [0.25, 0.3) is 0 Å². The Hall–Kier alpha value is -3.04. The van der Waals surface area contributed by atoms with Crippen LogP contribution in [-0.2, 0) is 14.8 Å². The first-order chi connectivity index (χ1) is 14.0. The zero-order chi connectivity index (χ0) is 20.7. The lowest BCUT2D eigenvalue weighted by atomic mass is 10.3. The number of hydrazone groups is 1. The molecule has 1 aromatic heterocycles. The van der Waals surface area contributed by atoms with Crippen LogP contribution in [0.1, 0.15) is 5.56 Å². The predicted octanol–water partition coefficient (Wildman–Crippen LogP) is 3.19. The number of carbonyl (C=O) groups excluding carboxylic acids is 1. The van der Waals surface area contributed by atoms with E-state index in [0.717, 1.165) is 9.87 Å². The van der Waals surface area contributed by atoms with Crippen molar-refractivity contribution in [3.8, 4) is 0 Å². The zero-order valence-corrected chi connectivity index (χ0v) is 17.5. The van der Waals surface area contributed by atoms with Crippen LogP contribution >= 0.6 is 15.9 Å². The third-order valence-electron chi connectivity index (χ3n) is 3.82. The maximum atomic E-state index is 13.2. The smallest absolute Gasteiger partial charge is 0.264 e. The number of nitrogens with one attached hydrogen (secondary N) is 1. The Morgan fingerprint density at radius 3 is 2.48 bits per heavy atom. The number of carbonyl (C=O) groups is 1. The van der Waals surface area contributed by atoms with Gasteiger partial charge in [0.1, 0.15) is 6.54 Å². The Morgan fingerprint density at radius 1 is 1.07 bits per heavy atom. The van der Waals surface area contributed by atoms with Gasteiger partial charge in [-0.15, -0.1) is 0 Å². The fraction of sp³-hybridized carbons (Fsp3) is 0.0500. The topological polar surface area (TPSA) is 91.7 Å². The van der Waals surface area contributed by atoms with E-state index < -0.39 is 22.5 Å². The standard InChI is InChI=1S/C20H17BrN4O3S/c21-17-5-4-6-18(13-17)25(29(27,28)19-7-2-1-3-8-19)15-20(26)24-23-14-16-9-11-22-12-10-16/h1-14H,15H2,(H,24,26)/b23-14-. The van der Waals surface area contributed by atoms with E-state index in [9.17, 15) is 13.2 Å². The highest BCUT2D eigenvalue weighted by atomic mass is 79.9. The third-order valence-corrected chi connectivity index (χ3v) is 6.10. The van der Waals surface area contributed by atoms with Gasteiger partial charge in [-0.3, -0.25) is 14.1 Å². The van der Waals surface area contributed by atoms with Gasteiger partial charge in [0.25, 0.3) is 15.9 Å². The second kappa shape index (κ2) is 9.44. The molecule has 9 heteroatoms. The van der Waals surface area contributed by atoms with Crippen LogP contribution in [-0.4, -0.2) is 32.1 Å². The van der Waals surface area contributed by atoms with Crippen LogP contribution in [0, 0.1) is 0 Å². The molecule has 0 spiro atoms. The van der Waals surface area contributed by atoms with Gasteiger partial charge < -0.3 is 0 Å². The molecule has 3 aromatic rings. The van der Waals surface area contributed by atoms with Crippen molar-refractivity contribution in [3.63, 3.8) is 0 Å². The Bertz CT molecular complexity index is 1110. The second-order valence-electron chi connectivity index (χ2n) is 5.88.